The van der Waals surface area contributed by atoms with Crippen molar-refractivity contribution in [2.45, 2.75) is 6.43 Å². The number of carbonyl (C=O) groups excluding carboxylic acids is 1. The summed E-state index contributed by atoms with van der Waals surface area (Å²) in [4.78, 5) is 23.5. The molecule has 1 aromatic rings. The third-order valence-corrected chi connectivity index (χ3v) is 2.91. The van der Waals surface area contributed by atoms with Crippen molar-refractivity contribution in [3.63, 3.8) is 0 Å². The standard InChI is InChI=1S/C11H11F2NO3S/c1-14(5-9(12)13)11(17)7-4-8(18-6-7)2-3-10(15)16/h2-4,6,9H,5H2,1H3,(H,15,16)/b3-2+. The third kappa shape index (κ3) is 4.25. The fourth-order valence-corrected chi connectivity index (χ4v) is 1.99. The molecule has 0 bridgehead atoms. The number of amides is 1. The summed E-state index contributed by atoms with van der Waals surface area (Å²) < 4.78 is 24.2. The van der Waals surface area contributed by atoms with Crippen LogP contribution in [-0.4, -0.2) is 41.9 Å². The van der Waals surface area contributed by atoms with Crippen LogP contribution in [0.1, 0.15) is 15.2 Å². The van der Waals surface area contributed by atoms with E-state index >= 15 is 0 Å². The number of aliphatic carboxylic acids is 1. The van der Waals surface area contributed by atoms with Gasteiger partial charge in [0.2, 0.25) is 0 Å². The van der Waals surface area contributed by atoms with Crippen LogP contribution in [0.3, 0.4) is 0 Å². The first-order valence-corrected chi connectivity index (χ1v) is 5.81. The molecule has 0 radical (unpaired) electrons. The van der Waals surface area contributed by atoms with Crippen molar-refractivity contribution in [2.24, 2.45) is 0 Å². The van der Waals surface area contributed by atoms with Gasteiger partial charge in [-0.15, -0.1) is 11.3 Å². The summed E-state index contributed by atoms with van der Waals surface area (Å²) in [5, 5.41) is 9.94. The van der Waals surface area contributed by atoms with Crippen molar-refractivity contribution in [3.8, 4) is 0 Å². The molecular weight excluding hydrogens is 264 g/mol. The zero-order valence-corrected chi connectivity index (χ0v) is 10.3. The van der Waals surface area contributed by atoms with Crippen LogP contribution < -0.4 is 0 Å². The maximum Gasteiger partial charge on any atom is 0.328 e. The average Bonchev–Trinajstić information content (AvgIpc) is 2.72. The maximum absolute atomic E-state index is 12.1. The molecule has 18 heavy (non-hydrogen) atoms. The first-order chi connectivity index (χ1) is 8.40. The van der Waals surface area contributed by atoms with Crippen LogP contribution in [0.2, 0.25) is 0 Å². The highest BCUT2D eigenvalue weighted by Crippen LogP contribution is 2.18. The molecule has 0 saturated carbocycles. The molecule has 0 aromatic carbocycles. The van der Waals surface area contributed by atoms with Gasteiger partial charge < -0.3 is 10.0 Å². The quantitative estimate of drug-likeness (QED) is 0.838. The molecule has 0 spiro atoms. The molecule has 0 unspecified atom stereocenters. The molecule has 0 fully saturated rings. The second-order valence-electron chi connectivity index (χ2n) is 3.49. The normalized spacial score (nSPS) is 11.1. The Bertz CT molecular complexity index is 471. The van der Waals surface area contributed by atoms with Gasteiger partial charge in [0, 0.05) is 23.4 Å². The third-order valence-electron chi connectivity index (χ3n) is 2.02. The Morgan fingerprint density at radius 3 is 2.78 bits per heavy atom. The van der Waals surface area contributed by atoms with Gasteiger partial charge in [-0.25, -0.2) is 13.6 Å². The topological polar surface area (TPSA) is 57.6 Å². The number of carboxylic acid groups (broad SMARTS) is 1. The minimum absolute atomic E-state index is 0.271. The molecule has 0 saturated heterocycles. The smallest absolute Gasteiger partial charge is 0.328 e. The number of halogens is 2. The average molecular weight is 275 g/mol. The summed E-state index contributed by atoms with van der Waals surface area (Å²) >= 11 is 1.17. The molecule has 1 amide bonds. The summed E-state index contributed by atoms with van der Waals surface area (Å²) in [6.07, 6.45) is -0.288. The van der Waals surface area contributed by atoms with Crippen LogP contribution in [0.5, 0.6) is 0 Å². The number of carboxylic acids is 1. The minimum atomic E-state index is -2.58. The molecule has 1 rings (SSSR count). The van der Waals surface area contributed by atoms with Gasteiger partial charge >= 0.3 is 5.97 Å². The molecule has 0 aliphatic rings. The van der Waals surface area contributed by atoms with Crippen molar-refractivity contribution < 1.29 is 23.5 Å². The molecule has 98 valence electrons. The number of nitrogens with zero attached hydrogens (tertiary/aromatic N) is 1. The van der Waals surface area contributed by atoms with E-state index < -0.39 is 24.8 Å². The summed E-state index contributed by atoms with van der Waals surface area (Å²) in [7, 11) is 1.29. The molecule has 7 heteroatoms. The van der Waals surface area contributed by atoms with E-state index in [9.17, 15) is 18.4 Å². The van der Waals surface area contributed by atoms with Crippen molar-refractivity contribution in [2.75, 3.05) is 13.6 Å². The zero-order valence-electron chi connectivity index (χ0n) is 9.47. The van der Waals surface area contributed by atoms with Crippen molar-refractivity contribution >= 4 is 29.3 Å². The molecule has 1 N–H and O–H groups in total. The van der Waals surface area contributed by atoms with Crippen LogP contribution >= 0.6 is 11.3 Å². The summed E-state index contributed by atoms with van der Waals surface area (Å²) in [6.45, 7) is -0.630. The Morgan fingerprint density at radius 1 is 1.56 bits per heavy atom. The number of carbonyl (C=O) groups is 2. The molecular formula is C11H11F2NO3S. The first kappa shape index (κ1) is 14.3. The Balaban J connectivity index is 2.73. The van der Waals surface area contributed by atoms with E-state index in [0.29, 0.717) is 4.88 Å². The van der Waals surface area contributed by atoms with E-state index in [0.717, 1.165) is 11.0 Å². The first-order valence-electron chi connectivity index (χ1n) is 4.93. The van der Waals surface area contributed by atoms with E-state index in [1.165, 1.54) is 35.9 Å². The summed E-state index contributed by atoms with van der Waals surface area (Å²) in [5.41, 5.74) is 0.271. The van der Waals surface area contributed by atoms with Gasteiger partial charge in [-0.2, -0.15) is 0 Å². The van der Waals surface area contributed by atoms with E-state index in [1.807, 2.05) is 0 Å². The van der Waals surface area contributed by atoms with Gasteiger partial charge in [-0.3, -0.25) is 4.79 Å². The highest BCUT2D eigenvalue weighted by molar-refractivity contribution is 7.11. The summed E-state index contributed by atoms with van der Waals surface area (Å²) in [6, 6.07) is 1.47. The molecule has 0 aliphatic heterocycles. The van der Waals surface area contributed by atoms with Gasteiger partial charge in [0.15, 0.2) is 0 Å². The molecule has 1 aromatic heterocycles. The van der Waals surface area contributed by atoms with E-state index in [1.54, 1.807) is 0 Å². The van der Waals surface area contributed by atoms with Gasteiger partial charge in [0.25, 0.3) is 12.3 Å². The van der Waals surface area contributed by atoms with Crippen LogP contribution in [0, 0.1) is 0 Å². The van der Waals surface area contributed by atoms with Crippen LogP contribution in [0.25, 0.3) is 6.08 Å². The highest BCUT2D eigenvalue weighted by Gasteiger charge is 2.16. The number of thiophene rings is 1. The molecule has 4 nitrogen and oxygen atoms in total. The van der Waals surface area contributed by atoms with E-state index in [2.05, 4.69) is 0 Å². The van der Waals surface area contributed by atoms with Gasteiger partial charge in [0.1, 0.15) is 0 Å². The predicted molar refractivity (Wildman–Crippen MR) is 64.0 cm³/mol. The second kappa shape index (κ2) is 6.25. The lowest BCUT2D eigenvalue weighted by molar-refractivity contribution is -0.131. The lowest BCUT2D eigenvalue weighted by atomic mass is 10.2. The summed E-state index contributed by atoms with van der Waals surface area (Å²) in [5.74, 6) is -1.60. The lowest BCUT2D eigenvalue weighted by Crippen LogP contribution is -2.30. The fourth-order valence-electron chi connectivity index (χ4n) is 1.22. The lowest BCUT2D eigenvalue weighted by Gasteiger charge is -2.15. The van der Waals surface area contributed by atoms with Crippen LogP contribution in [0.15, 0.2) is 17.5 Å². The van der Waals surface area contributed by atoms with Gasteiger partial charge in [-0.1, -0.05) is 0 Å². The Labute approximate surface area is 106 Å². The maximum atomic E-state index is 12.1. The molecule has 0 atom stereocenters. The Hall–Kier alpha value is -1.76. The van der Waals surface area contributed by atoms with Crippen LogP contribution in [0.4, 0.5) is 8.78 Å². The monoisotopic (exact) mass is 275 g/mol. The molecule has 1 heterocycles. The number of alkyl halides is 2. The second-order valence-corrected chi connectivity index (χ2v) is 4.43. The Morgan fingerprint density at radius 2 is 2.22 bits per heavy atom. The van der Waals surface area contributed by atoms with Crippen molar-refractivity contribution in [3.05, 3.63) is 28.0 Å². The zero-order chi connectivity index (χ0) is 13.7. The minimum Gasteiger partial charge on any atom is -0.478 e. The molecule has 0 aliphatic carbocycles. The SMILES string of the molecule is CN(CC(F)F)C(=O)c1csc(/C=C/C(=O)O)c1. The van der Waals surface area contributed by atoms with Crippen molar-refractivity contribution in [1.82, 2.24) is 4.90 Å². The van der Waals surface area contributed by atoms with E-state index in [-0.39, 0.29) is 5.56 Å². The van der Waals surface area contributed by atoms with Gasteiger partial charge in [-0.05, 0) is 12.1 Å². The Kier molecular flexibility index (Phi) is 4.96. The van der Waals surface area contributed by atoms with Gasteiger partial charge in [0.05, 0.1) is 12.1 Å². The van der Waals surface area contributed by atoms with Crippen molar-refractivity contribution in [1.29, 1.82) is 0 Å². The number of rotatable bonds is 5. The largest absolute Gasteiger partial charge is 0.478 e. The number of hydrogen-bond donors (Lipinski definition) is 1. The highest BCUT2D eigenvalue weighted by atomic mass is 32.1. The number of hydrogen-bond acceptors (Lipinski definition) is 3. The fraction of sp³-hybridized carbons (Fsp3) is 0.273. The predicted octanol–water partition coefficient (Wildman–Crippen LogP) is 2.18. The van der Waals surface area contributed by atoms with E-state index in [4.69, 9.17) is 5.11 Å². The van der Waals surface area contributed by atoms with Crippen LogP contribution in [-0.2, 0) is 4.79 Å².